The highest BCUT2D eigenvalue weighted by molar-refractivity contribution is 7.88. The summed E-state index contributed by atoms with van der Waals surface area (Å²) in [6, 6.07) is 4.07. The van der Waals surface area contributed by atoms with Crippen LogP contribution in [0.5, 0.6) is 0 Å². The number of guanidine groups is 1. The van der Waals surface area contributed by atoms with E-state index in [1.54, 1.807) is 11.3 Å². The standard InChI is InChI=1S/C14H26N4O2S2/c1-4-15-14(17-12-13-8-6-11-21-13)16-9-7-10-18(5-2)22(3,19)20/h6,8,11H,4-5,7,9-10,12H2,1-3H3,(H2,15,16,17). The Balaban J connectivity index is 2.39. The molecule has 1 aromatic heterocycles. The van der Waals surface area contributed by atoms with Crippen LogP contribution in [0.4, 0.5) is 0 Å². The van der Waals surface area contributed by atoms with Crippen molar-refractivity contribution in [1.29, 1.82) is 0 Å². The molecule has 1 heterocycles. The summed E-state index contributed by atoms with van der Waals surface area (Å²) in [4.78, 5) is 5.73. The van der Waals surface area contributed by atoms with E-state index < -0.39 is 10.0 Å². The first-order valence-corrected chi connectivity index (χ1v) is 10.2. The molecule has 0 aliphatic heterocycles. The fourth-order valence-electron chi connectivity index (χ4n) is 1.92. The first kappa shape index (κ1) is 18.9. The maximum Gasteiger partial charge on any atom is 0.211 e. The van der Waals surface area contributed by atoms with Crippen molar-refractivity contribution < 1.29 is 8.42 Å². The van der Waals surface area contributed by atoms with E-state index in [1.807, 2.05) is 25.3 Å². The highest BCUT2D eigenvalue weighted by atomic mass is 32.2. The van der Waals surface area contributed by atoms with E-state index in [0.29, 0.717) is 26.2 Å². The molecular weight excluding hydrogens is 320 g/mol. The van der Waals surface area contributed by atoms with Crippen LogP contribution in [0.1, 0.15) is 25.1 Å². The molecule has 0 radical (unpaired) electrons. The summed E-state index contributed by atoms with van der Waals surface area (Å²) in [5, 5.41) is 8.46. The van der Waals surface area contributed by atoms with Gasteiger partial charge in [0.1, 0.15) is 0 Å². The van der Waals surface area contributed by atoms with Crippen molar-refractivity contribution >= 4 is 27.3 Å². The van der Waals surface area contributed by atoms with E-state index in [-0.39, 0.29) is 0 Å². The van der Waals surface area contributed by atoms with Crippen LogP contribution in [0.3, 0.4) is 0 Å². The third kappa shape index (κ3) is 7.24. The molecule has 6 nitrogen and oxygen atoms in total. The zero-order valence-corrected chi connectivity index (χ0v) is 15.1. The van der Waals surface area contributed by atoms with Gasteiger partial charge in [0.25, 0.3) is 0 Å². The number of hydrogen-bond donors (Lipinski definition) is 2. The molecule has 0 aromatic carbocycles. The number of nitrogens with one attached hydrogen (secondary N) is 2. The SMILES string of the molecule is CCNC(=NCc1cccs1)NCCCN(CC)S(C)(=O)=O. The zero-order valence-electron chi connectivity index (χ0n) is 13.5. The smallest absolute Gasteiger partial charge is 0.211 e. The Hall–Kier alpha value is -1.12. The van der Waals surface area contributed by atoms with E-state index in [9.17, 15) is 8.42 Å². The van der Waals surface area contributed by atoms with Crippen molar-refractivity contribution in [2.24, 2.45) is 4.99 Å². The molecule has 0 amide bonds. The van der Waals surface area contributed by atoms with Gasteiger partial charge < -0.3 is 10.6 Å². The van der Waals surface area contributed by atoms with Gasteiger partial charge in [-0.15, -0.1) is 11.3 Å². The van der Waals surface area contributed by atoms with Crippen molar-refractivity contribution in [1.82, 2.24) is 14.9 Å². The monoisotopic (exact) mass is 346 g/mol. The molecule has 0 unspecified atom stereocenters. The number of thiophene rings is 1. The van der Waals surface area contributed by atoms with Gasteiger partial charge in [0.2, 0.25) is 10.0 Å². The Morgan fingerprint density at radius 2 is 2.14 bits per heavy atom. The number of sulfonamides is 1. The van der Waals surface area contributed by atoms with Crippen LogP contribution in [0.15, 0.2) is 22.5 Å². The predicted molar refractivity (Wildman–Crippen MR) is 93.8 cm³/mol. The van der Waals surface area contributed by atoms with Crippen LogP contribution in [0.2, 0.25) is 0 Å². The van der Waals surface area contributed by atoms with Crippen molar-refractivity contribution in [2.45, 2.75) is 26.8 Å². The summed E-state index contributed by atoms with van der Waals surface area (Å²) in [6.45, 7) is 7.02. The van der Waals surface area contributed by atoms with Gasteiger partial charge in [-0.1, -0.05) is 13.0 Å². The fraction of sp³-hybridized carbons (Fsp3) is 0.643. The molecule has 8 heteroatoms. The number of nitrogens with zero attached hydrogens (tertiary/aromatic N) is 2. The lowest BCUT2D eigenvalue weighted by molar-refractivity contribution is 0.424. The second-order valence-corrected chi connectivity index (χ2v) is 7.82. The van der Waals surface area contributed by atoms with Gasteiger partial charge in [-0.3, -0.25) is 0 Å². The molecule has 126 valence electrons. The van der Waals surface area contributed by atoms with E-state index >= 15 is 0 Å². The van der Waals surface area contributed by atoms with Crippen LogP contribution in [0, 0.1) is 0 Å². The summed E-state index contributed by atoms with van der Waals surface area (Å²) in [6.07, 6.45) is 1.99. The number of aliphatic imine (C=N–C) groups is 1. The molecular formula is C14H26N4O2S2. The first-order chi connectivity index (χ1) is 10.5. The maximum absolute atomic E-state index is 11.5. The van der Waals surface area contributed by atoms with Crippen LogP contribution < -0.4 is 10.6 Å². The van der Waals surface area contributed by atoms with Gasteiger partial charge in [-0.05, 0) is 24.8 Å². The van der Waals surface area contributed by atoms with Crippen molar-refractivity contribution in [3.05, 3.63) is 22.4 Å². The van der Waals surface area contributed by atoms with E-state index in [0.717, 1.165) is 18.9 Å². The highest BCUT2D eigenvalue weighted by Crippen LogP contribution is 2.09. The third-order valence-electron chi connectivity index (χ3n) is 3.02. The van der Waals surface area contributed by atoms with Gasteiger partial charge in [-0.25, -0.2) is 17.7 Å². The van der Waals surface area contributed by atoms with Crippen LogP contribution in [0.25, 0.3) is 0 Å². The minimum absolute atomic E-state index is 0.505. The largest absolute Gasteiger partial charge is 0.357 e. The summed E-state index contributed by atoms with van der Waals surface area (Å²) in [5.41, 5.74) is 0. The molecule has 0 saturated heterocycles. The average Bonchev–Trinajstić information content (AvgIpc) is 2.96. The normalized spacial score (nSPS) is 12.6. The topological polar surface area (TPSA) is 73.8 Å². The van der Waals surface area contributed by atoms with Gasteiger partial charge in [0.05, 0.1) is 12.8 Å². The van der Waals surface area contributed by atoms with Gasteiger partial charge >= 0.3 is 0 Å². The molecule has 0 atom stereocenters. The van der Waals surface area contributed by atoms with Gasteiger partial charge in [-0.2, -0.15) is 0 Å². The molecule has 22 heavy (non-hydrogen) atoms. The number of hydrogen-bond acceptors (Lipinski definition) is 4. The van der Waals surface area contributed by atoms with Crippen molar-refractivity contribution in [3.63, 3.8) is 0 Å². The van der Waals surface area contributed by atoms with E-state index in [1.165, 1.54) is 15.4 Å². The lowest BCUT2D eigenvalue weighted by Gasteiger charge is -2.18. The van der Waals surface area contributed by atoms with Crippen LogP contribution in [-0.2, 0) is 16.6 Å². The predicted octanol–water partition coefficient (Wildman–Crippen LogP) is 1.47. The Morgan fingerprint density at radius 1 is 1.36 bits per heavy atom. The first-order valence-electron chi connectivity index (χ1n) is 7.47. The summed E-state index contributed by atoms with van der Waals surface area (Å²) < 4.78 is 24.5. The van der Waals surface area contributed by atoms with E-state index in [4.69, 9.17) is 0 Å². The molecule has 1 rings (SSSR count). The lowest BCUT2D eigenvalue weighted by atomic mass is 10.4. The molecule has 0 saturated carbocycles. The Kier molecular flexibility index (Phi) is 8.44. The molecule has 0 fully saturated rings. The Morgan fingerprint density at radius 3 is 2.68 bits per heavy atom. The highest BCUT2D eigenvalue weighted by Gasteiger charge is 2.13. The molecule has 1 aromatic rings. The molecule has 0 bridgehead atoms. The minimum Gasteiger partial charge on any atom is -0.357 e. The number of rotatable bonds is 9. The van der Waals surface area contributed by atoms with Gasteiger partial charge in [0.15, 0.2) is 5.96 Å². The van der Waals surface area contributed by atoms with Crippen LogP contribution in [-0.4, -0.2) is 51.1 Å². The molecule has 0 aliphatic rings. The van der Waals surface area contributed by atoms with Gasteiger partial charge in [0, 0.05) is 31.1 Å². The lowest BCUT2D eigenvalue weighted by Crippen LogP contribution is -2.39. The second kappa shape index (κ2) is 9.81. The second-order valence-electron chi connectivity index (χ2n) is 4.81. The summed E-state index contributed by atoms with van der Waals surface area (Å²) >= 11 is 1.68. The minimum atomic E-state index is -3.10. The van der Waals surface area contributed by atoms with Crippen molar-refractivity contribution in [3.8, 4) is 0 Å². The van der Waals surface area contributed by atoms with Crippen molar-refractivity contribution in [2.75, 3.05) is 32.4 Å². The maximum atomic E-state index is 11.5. The Bertz CT molecular complexity index is 541. The quantitative estimate of drug-likeness (QED) is 0.403. The average molecular weight is 347 g/mol. The molecule has 2 N–H and O–H groups in total. The summed E-state index contributed by atoms with van der Waals surface area (Å²) in [5.74, 6) is 0.762. The Labute approximate surface area is 137 Å². The third-order valence-corrected chi connectivity index (χ3v) is 5.26. The zero-order chi connectivity index (χ0) is 16.4. The van der Waals surface area contributed by atoms with Crippen LogP contribution >= 0.6 is 11.3 Å². The molecule has 0 aliphatic carbocycles. The molecule has 0 spiro atoms. The fourth-order valence-corrected chi connectivity index (χ4v) is 3.48. The van der Waals surface area contributed by atoms with E-state index in [2.05, 4.69) is 21.7 Å². The summed E-state index contributed by atoms with van der Waals surface area (Å²) in [7, 11) is -3.10.